The van der Waals surface area contributed by atoms with Gasteiger partial charge in [-0.1, -0.05) is 29.8 Å². The number of aromatic nitrogens is 2. The first-order valence-electron chi connectivity index (χ1n) is 6.68. The number of carboxylic acid groups (broad SMARTS) is 1. The summed E-state index contributed by atoms with van der Waals surface area (Å²) in [6.07, 6.45) is 2.63. The molecule has 0 radical (unpaired) electrons. The standard InChI is InChI=1S/C15H19N3O2/c1-11-4-6-12(7-5-11)15-13(10-17-18-15)9-16-8-2-3-14(19)20/h4-7,10,16H,2-3,8-9H2,1H3,(H,17,18)(H,19,20). The normalized spacial score (nSPS) is 10.7. The molecule has 0 atom stereocenters. The zero-order valence-corrected chi connectivity index (χ0v) is 11.5. The van der Waals surface area contributed by atoms with Crippen molar-refractivity contribution in [1.29, 1.82) is 0 Å². The molecule has 1 heterocycles. The number of benzene rings is 1. The van der Waals surface area contributed by atoms with Crippen molar-refractivity contribution < 1.29 is 9.90 Å². The maximum Gasteiger partial charge on any atom is 0.303 e. The lowest BCUT2D eigenvalue weighted by Crippen LogP contribution is -2.15. The van der Waals surface area contributed by atoms with Crippen molar-refractivity contribution in [2.75, 3.05) is 6.54 Å². The fourth-order valence-electron chi connectivity index (χ4n) is 2.00. The molecule has 0 unspecified atom stereocenters. The molecule has 0 aliphatic rings. The molecule has 1 aromatic heterocycles. The zero-order valence-electron chi connectivity index (χ0n) is 11.5. The maximum absolute atomic E-state index is 10.4. The summed E-state index contributed by atoms with van der Waals surface area (Å²) < 4.78 is 0. The lowest BCUT2D eigenvalue weighted by Gasteiger charge is -2.05. The first kappa shape index (κ1) is 14.3. The lowest BCUT2D eigenvalue weighted by molar-refractivity contribution is -0.137. The van der Waals surface area contributed by atoms with Gasteiger partial charge in [0.25, 0.3) is 0 Å². The Morgan fingerprint density at radius 1 is 1.35 bits per heavy atom. The summed E-state index contributed by atoms with van der Waals surface area (Å²) in [5.41, 5.74) is 4.43. The second kappa shape index (κ2) is 6.86. The van der Waals surface area contributed by atoms with Crippen molar-refractivity contribution >= 4 is 5.97 Å². The van der Waals surface area contributed by atoms with Gasteiger partial charge in [-0.15, -0.1) is 0 Å². The molecular formula is C15H19N3O2. The van der Waals surface area contributed by atoms with Gasteiger partial charge < -0.3 is 10.4 Å². The van der Waals surface area contributed by atoms with E-state index in [1.807, 2.05) is 0 Å². The van der Waals surface area contributed by atoms with Gasteiger partial charge in [-0.25, -0.2) is 0 Å². The number of aromatic amines is 1. The maximum atomic E-state index is 10.4. The van der Waals surface area contributed by atoms with Crippen LogP contribution in [0.4, 0.5) is 0 Å². The first-order chi connectivity index (χ1) is 9.66. The number of nitrogens with one attached hydrogen (secondary N) is 2. The van der Waals surface area contributed by atoms with E-state index in [9.17, 15) is 4.79 Å². The van der Waals surface area contributed by atoms with Crippen molar-refractivity contribution in [2.45, 2.75) is 26.3 Å². The minimum atomic E-state index is -0.754. The van der Waals surface area contributed by atoms with Crippen molar-refractivity contribution in [1.82, 2.24) is 15.5 Å². The molecule has 106 valence electrons. The Balaban J connectivity index is 1.92. The Labute approximate surface area is 118 Å². The number of aliphatic carboxylic acids is 1. The highest BCUT2D eigenvalue weighted by molar-refractivity contribution is 5.66. The number of H-pyrrole nitrogens is 1. The van der Waals surface area contributed by atoms with E-state index in [0.29, 0.717) is 19.5 Å². The molecule has 0 aliphatic heterocycles. The second-order valence-electron chi connectivity index (χ2n) is 4.81. The lowest BCUT2D eigenvalue weighted by atomic mass is 10.1. The van der Waals surface area contributed by atoms with Crippen LogP contribution in [0.25, 0.3) is 11.3 Å². The third kappa shape index (κ3) is 3.93. The molecule has 0 spiro atoms. The molecule has 5 heteroatoms. The topological polar surface area (TPSA) is 78.0 Å². The van der Waals surface area contributed by atoms with Crippen LogP contribution in [0.5, 0.6) is 0 Å². The van der Waals surface area contributed by atoms with Gasteiger partial charge in [0.2, 0.25) is 0 Å². The van der Waals surface area contributed by atoms with E-state index in [2.05, 4.69) is 46.7 Å². The zero-order chi connectivity index (χ0) is 14.4. The van der Waals surface area contributed by atoms with Crippen molar-refractivity contribution in [3.8, 4) is 11.3 Å². The third-order valence-electron chi connectivity index (χ3n) is 3.12. The third-order valence-corrected chi connectivity index (χ3v) is 3.12. The Kier molecular flexibility index (Phi) is 4.90. The van der Waals surface area contributed by atoms with Crippen LogP contribution in [-0.2, 0) is 11.3 Å². The average molecular weight is 273 g/mol. The van der Waals surface area contributed by atoms with E-state index in [4.69, 9.17) is 5.11 Å². The number of rotatable bonds is 7. The molecule has 0 saturated heterocycles. The fraction of sp³-hybridized carbons (Fsp3) is 0.333. The summed E-state index contributed by atoms with van der Waals surface area (Å²) in [6, 6.07) is 8.27. The van der Waals surface area contributed by atoms with Gasteiger partial charge in [-0.05, 0) is 25.5 Å². The van der Waals surface area contributed by atoms with Crippen LogP contribution in [0, 0.1) is 6.92 Å². The predicted molar refractivity (Wildman–Crippen MR) is 77.3 cm³/mol. The number of hydrogen-bond acceptors (Lipinski definition) is 3. The molecule has 3 N–H and O–H groups in total. The van der Waals surface area contributed by atoms with Crippen LogP contribution in [0.3, 0.4) is 0 Å². The smallest absolute Gasteiger partial charge is 0.303 e. The molecular weight excluding hydrogens is 254 g/mol. The van der Waals surface area contributed by atoms with Gasteiger partial charge in [0.05, 0.1) is 11.9 Å². The molecule has 0 saturated carbocycles. The van der Waals surface area contributed by atoms with Crippen molar-refractivity contribution in [3.63, 3.8) is 0 Å². The Bertz CT molecular complexity index is 561. The average Bonchev–Trinajstić information content (AvgIpc) is 2.87. The minimum absolute atomic E-state index is 0.198. The summed E-state index contributed by atoms with van der Waals surface area (Å²) in [5.74, 6) is -0.754. The van der Waals surface area contributed by atoms with E-state index < -0.39 is 5.97 Å². The fourth-order valence-corrected chi connectivity index (χ4v) is 2.00. The molecule has 0 aliphatic carbocycles. The van der Waals surface area contributed by atoms with Crippen LogP contribution >= 0.6 is 0 Å². The first-order valence-corrected chi connectivity index (χ1v) is 6.68. The van der Waals surface area contributed by atoms with Gasteiger partial charge in [0, 0.05) is 18.5 Å². The Hall–Kier alpha value is -2.14. The van der Waals surface area contributed by atoms with Crippen LogP contribution in [0.1, 0.15) is 24.0 Å². The summed E-state index contributed by atoms with van der Waals surface area (Å²) in [7, 11) is 0. The highest BCUT2D eigenvalue weighted by Crippen LogP contribution is 2.21. The minimum Gasteiger partial charge on any atom is -0.481 e. The summed E-state index contributed by atoms with van der Waals surface area (Å²) in [4.78, 5) is 10.4. The predicted octanol–water partition coefficient (Wildman–Crippen LogP) is 2.34. The van der Waals surface area contributed by atoms with Crippen molar-refractivity contribution in [3.05, 3.63) is 41.6 Å². The largest absolute Gasteiger partial charge is 0.481 e. The van der Waals surface area contributed by atoms with Gasteiger partial charge >= 0.3 is 5.97 Å². The van der Waals surface area contributed by atoms with Crippen molar-refractivity contribution in [2.24, 2.45) is 0 Å². The van der Waals surface area contributed by atoms with Crippen LogP contribution in [0.2, 0.25) is 0 Å². The molecule has 2 rings (SSSR count). The highest BCUT2D eigenvalue weighted by atomic mass is 16.4. The van der Waals surface area contributed by atoms with Gasteiger partial charge in [0.1, 0.15) is 0 Å². The van der Waals surface area contributed by atoms with Gasteiger partial charge in [0.15, 0.2) is 0 Å². The number of nitrogens with zero attached hydrogens (tertiary/aromatic N) is 1. The van der Waals surface area contributed by atoms with Gasteiger partial charge in [-0.3, -0.25) is 9.89 Å². The molecule has 20 heavy (non-hydrogen) atoms. The molecule has 5 nitrogen and oxygen atoms in total. The molecule has 0 bridgehead atoms. The molecule has 2 aromatic rings. The van der Waals surface area contributed by atoms with Crippen LogP contribution < -0.4 is 5.32 Å². The van der Waals surface area contributed by atoms with E-state index >= 15 is 0 Å². The number of carboxylic acids is 1. The molecule has 0 amide bonds. The SMILES string of the molecule is Cc1ccc(-c2[nH]ncc2CNCCCC(=O)O)cc1. The highest BCUT2D eigenvalue weighted by Gasteiger charge is 2.07. The van der Waals surface area contributed by atoms with Crippen LogP contribution in [-0.4, -0.2) is 27.8 Å². The van der Waals surface area contributed by atoms with Gasteiger partial charge in [-0.2, -0.15) is 5.10 Å². The summed E-state index contributed by atoms with van der Waals surface area (Å²) in [5, 5.41) is 18.9. The molecule has 0 fully saturated rings. The quantitative estimate of drug-likeness (QED) is 0.677. The number of hydrogen-bond donors (Lipinski definition) is 3. The number of aryl methyl sites for hydroxylation is 1. The van der Waals surface area contributed by atoms with Crippen LogP contribution in [0.15, 0.2) is 30.5 Å². The van der Waals surface area contributed by atoms with E-state index in [-0.39, 0.29) is 6.42 Å². The van der Waals surface area contributed by atoms with E-state index in [1.54, 1.807) is 6.20 Å². The Morgan fingerprint density at radius 3 is 2.80 bits per heavy atom. The van der Waals surface area contributed by atoms with E-state index in [0.717, 1.165) is 16.8 Å². The monoisotopic (exact) mass is 273 g/mol. The summed E-state index contributed by atoms with van der Waals surface area (Å²) in [6.45, 7) is 3.42. The summed E-state index contributed by atoms with van der Waals surface area (Å²) >= 11 is 0. The molecule has 1 aromatic carbocycles. The number of carbonyl (C=O) groups is 1. The Morgan fingerprint density at radius 2 is 2.10 bits per heavy atom. The van der Waals surface area contributed by atoms with E-state index in [1.165, 1.54) is 5.56 Å². The second-order valence-corrected chi connectivity index (χ2v) is 4.81.